The lowest BCUT2D eigenvalue weighted by Gasteiger charge is -1.92. The van der Waals surface area contributed by atoms with E-state index in [4.69, 9.17) is 11.6 Å². The molecule has 2 nitrogen and oxygen atoms in total. The fraction of sp³-hybridized carbons (Fsp3) is 0. The van der Waals surface area contributed by atoms with Gasteiger partial charge < -0.3 is 0 Å². The van der Waals surface area contributed by atoms with Crippen LogP contribution in [0.4, 0.5) is 0 Å². The van der Waals surface area contributed by atoms with Crippen molar-refractivity contribution in [3.05, 3.63) is 34.9 Å². The van der Waals surface area contributed by atoms with E-state index in [2.05, 4.69) is 0 Å². The average Bonchev–Trinajstić information content (AvgIpc) is 2.03. The van der Waals surface area contributed by atoms with Crippen LogP contribution >= 0.6 is 11.6 Å². The molecule has 0 N–H and O–H groups in total. The maximum absolute atomic E-state index is 10.7. The molecule has 0 bridgehead atoms. The summed E-state index contributed by atoms with van der Waals surface area (Å²) in [6.45, 7) is 0. The second-order valence-corrected chi connectivity index (χ2v) is 2.38. The van der Waals surface area contributed by atoms with Gasteiger partial charge in [-0.05, 0) is 12.1 Å². The molecular weight excluding hydrogens is 164 g/mol. The normalized spacial score (nSPS) is 9.18. The number of benzene rings is 1. The Morgan fingerprint density at radius 1 is 1.45 bits per heavy atom. The van der Waals surface area contributed by atoms with Crippen molar-refractivity contribution in [2.45, 2.75) is 0 Å². The first-order valence-electron chi connectivity index (χ1n) is 2.92. The molecule has 0 saturated carbocycles. The second kappa shape index (κ2) is 3.30. The highest BCUT2D eigenvalue weighted by molar-refractivity contribution is 6.35. The summed E-state index contributed by atoms with van der Waals surface area (Å²) < 4.78 is 0. The van der Waals surface area contributed by atoms with Gasteiger partial charge in [0.15, 0.2) is 0 Å². The van der Waals surface area contributed by atoms with Crippen molar-refractivity contribution in [1.82, 2.24) is 0 Å². The molecule has 11 heavy (non-hydrogen) atoms. The molecule has 1 aromatic carbocycles. The van der Waals surface area contributed by atoms with Crippen molar-refractivity contribution < 1.29 is 9.59 Å². The van der Waals surface area contributed by atoms with Crippen LogP contribution in [0.25, 0.3) is 0 Å². The van der Waals surface area contributed by atoms with Gasteiger partial charge in [0, 0.05) is 10.6 Å². The fourth-order valence-corrected chi connectivity index (χ4v) is 0.879. The van der Waals surface area contributed by atoms with E-state index in [1.54, 1.807) is 12.1 Å². The predicted octanol–water partition coefficient (Wildman–Crippen LogP) is 1.63. The smallest absolute Gasteiger partial charge is 0.277 e. The van der Waals surface area contributed by atoms with Gasteiger partial charge >= 0.3 is 0 Å². The Labute approximate surface area is 68.8 Å². The maximum atomic E-state index is 10.7. The minimum Gasteiger partial charge on any atom is -0.285 e. The lowest BCUT2D eigenvalue weighted by molar-refractivity contribution is 0.106. The summed E-state index contributed by atoms with van der Waals surface area (Å²) in [6.07, 6.45) is 1.26. The molecule has 0 heterocycles. The Kier molecular flexibility index (Phi) is 2.39. The molecule has 0 aromatic heterocycles. The summed E-state index contributed by atoms with van der Waals surface area (Å²) >= 11 is 5.56. The summed E-state index contributed by atoms with van der Waals surface area (Å²) in [4.78, 5) is 20.6. The third-order valence-electron chi connectivity index (χ3n) is 1.18. The molecular formula is C8H4ClO2. The second-order valence-electron chi connectivity index (χ2n) is 1.94. The lowest BCUT2D eigenvalue weighted by atomic mass is 10.1. The van der Waals surface area contributed by atoms with Crippen molar-refractivity contribution in [2.75, 3.05) is 0 Å². The van der Waals surface area contributed by atoms with Crippen molar-refractivity contribution in [2.24, 2.45) is 0 Å². The standard InChI is InChI=1S/C8H4ClO2/c9-7-3-1-2-6(4-7)8(11)5-10/h1-4H. The van der Waals surface area contributed by atoms with E-state index in [9.17, 15) is 9.59 Å². The van der Waals surface area contributed by atoms with Crippen LogP contribution in [0.15, 0.2) is 24.3 Å². The van der Waals surface area contributed by atoms with E-state index < -0.39 is 5.78 Å². The Bertz CT molecular complexity index is 294. The van der Waals surface area contributed by atoms with E-state index in [0.29, 0.717) is 5.02 Å². The first-order chi connectivity index (χ1) is 5.24. The fourth-order valence-electron chi connectivity index (χ4n) is 0.689. The summed E-state index contributed by atoms with van der Waals surface area (Å²) in [6, 6.07) is 6.17. The maximum Gasteiger partial charge on any atom is 0.277 e. The molecule has 1 aromatic rings. The molecule has 0 amide bonds. The summed E-state index contributed by atoms with van der Waals surface area (Å²) in [5.41, 5.74) is 0.271. The molecule has 0 aliphatic heterocycles. The largest absolute Gasteiger partial charge is 0.285 e. The van der Waals surface area contributed by atoms with Crippen molar-refractivity contribution in [3.63, 3.8) is 0 Å². The zero-order valence-electron chi connectivity index (χ0n) is 5.50. The lowest BCUT2D eigenvalue weighted by Crippen LogP contribution is -1.98. The highest BCUT2D eigenvalue weighted by Crippen LogP contribution is 2.10. The van der Waals surface area contributed by atoms with Crippen LogP contribution in [0.5, 0.6) is 0 Å². The van der Waals surface area contributed by atoms with Gasteiger partial charge in [-0.3, -0.25) is 9.59 Å². The van der Waals surface area contributed by atoms with Gasteiger partial charge in [0.25, 0.3) is 6.29 Å². The van der Waals surface area contributed by atoms with Crippen LogP contribution in [0.2, 0.25) is 5.02 Å². The zero-order valence-corrected chi connectivity index (χ0v) is 6.26. The Balaban J connectivity index is 3.05. The van der Waals surface area contributed by atoms with Crippen molar-refractivity contribution in [1.29, 1.82) is 0 Å². The molecule has 0 aliphatic rings. The molecule has 3 heteroatoms. The quantitative estimate of drug-likeness (QED) is 0.496. The van der Waals surface area contributed by atoms with Crippen LogP contribution in [0.1, 0.15) is 10.4 Å². The summed E-state index contributed by atoms with van der Waals surface area (Å²) in [5.74, 6) is -0.674. The minimum absolute atomic E-state index is 0.271. The number of Topliss-reactive ketones (excluding diaryl/α,β-unsaturated/α-hetero) is 1. The van der Waals surface area contributed by atoms with E-state index in [-0.39, 0.29) is 5.56 Å². The van der Waals surface area contributed by atoms with E-state index in [1.807, 2.05) is 0 Å². The number of hydrogen-bond donors (Lipinski definition) is 0. The number of ketones is 1. The van der Waals surface area contributed by atoms with Crippen LogP contribution in [0, 0.1) is 0 Å². The third-order valence-corrected chi connectivity index (χ3v) is 1.41. The Hall–Kier alpha value is -1.15. The number of hydrogen-bond acceptors (Lipinski definition) is 2. The van der Waals surface area contributed by atoms with E-state index >= 15 is 0 Å². The highest BCUT2D eigenvalue weighted by Gasteiger charge is 2.03. The van der Waals surface area contributed by atoms with Gasteiger partial charge in [0.2, 0.25) is 5.78 Å². The average molecular weight is 168 g/mol. The SMILES string of the molecule is O=[C]C(=O)c1cccc(Cl)c1. The molecule has 55 valence electrons. The summed E-state index contributed by atoms with van der Waals surface area (Å²) in [7, 11) is 0. The van der Waals surface area contributed by atoms with E-state index in [0.717, 1.165) is 0 Å². The Morgan fingerprint density at radius 3 is 2.73 bits per heavy atom. The van der Waals surface area contributed by atoms with Gasteiger partial charge in [-0.25, -0.2) is 0 Å². The van der Waals surface area contributed by atoms with Crippen LogP contribution in [-0.4, -0.2) is 12.1 Å². The number of halogens is 1. The van der Waals surface area contributed by atoms with Crippen LogP contribution < -0.4 is 0 Å². The van der Waals surface area contributed by atoms with Gasteiger partial charge in [-0.15, -0.1) is 0 Å². The van der Waals surface area contributed by atoms with Crippen LogP contribution in [0.3, 0.4) is 0 Å². The zero-order chi connectivity index (χ0) is 8.27. The molecule has 1 rings (SSSR count). The van der Waals surface area contributed by atoms with Gasteiger partial charge in [0.05, 0.1) is 0 Å². The summed E-state index contributed by atoms with van der Waals surface area (Å²) in [5, 5.41) is 0.436. The molecule has 0 spiro atoms. The third kappa shape index (κ3) is 1.88. The molecule has 0 unspecified atom stereocenters. The number of rotatable bonds is 2. The van der Waals surface area contributed by atoms with Gasteiger partial charge in [-0.2, -0.15) is 0 Å². The molecule has 0 saturated heterocycles. The first kappa shape index (κ1) is 7.95. The topological polar surface area (TPSA) is 34.1 Å². The number of carbonyl (C=O) groups is 1. The predicted molar refractivity (Wildman–Crippen MR) is 41.5 cm³/mol. The molecule has 0 fully saturated rings. The van der Waals surface area contributed by atoms with Crippen molar-refractivity contribution in [3.8, 4) is 0 Å². The number of carbonyl (C=O) groups excluding carboxylic acids is 2. The van der Waals surface area contributed by atoms with Crippen molar-refractivity contribution >= 4 is 23.7 Å². The molecule has 0 aliphatic carbocycles. The van der Waals surface area contributed by atoms with Crippen LogP contribution in [-0.2, 0) is 4.79 Å². The minimum atomic E-state index is -0.674. The Morgan fingerprint density at radius 2 is 2.18 bits per heavy atom. The first-order valence-corrected chi connectivity index (χ1v) is 3.30. The monoisotopic (exact) mass is 167 g/mol. The van der Waals surface area contributed by atoms with Gasteiger partial charge in [-0.1, -0.05) is 23.7 Å². The van der Waals surface area contributed by atoms with Gasteiger partial charge in [0.1, 0.15) is 0 Å². The molecule has 0 atom stereocenters. The van der Waals surface area contributed by atoms with E-state index in [1.165, 1.54) is 18.4 Å². The highest BCUT2D eigenvalue weighted by atomic mass is 35.5. The molecule has 1 radical (unpaired) electrons.